The molecule has 40 heavy (non-hydrogen) atoms. The van der Waals surface area contributed by atoms with Crippen LogP contribution in [0.5, 0.6) is 5.75 Å². The summed E-state index contributed by atoms with van der Waals surface area (Å²) in [6.07, 6.45) is 6.53. The Kier molecular flexibility index (Phi) is 11.3. The number of benzene rings is 2. The normalized spacial score (nSPS) is 14.8. The predicted octanol–water partition coefficient (Wildman–Crippen LogP) is 4.78. The van der Waals surface area contributed by atoms with Gasteiger partial charge in [0.2, 0.25) is 21.8 Å². The van der Waals surface area contributed by atoms with Crippen LogP contribution in [0.15, 0.2) is 42.5 Å². The predicted molar refractivity (Wildman–Crippen MR) is 150 cm³/mol. The smallest absolute Gasteiger partial charge is 0.243 e. The number of halogens is 2. The Morgan fingerprint density at radius 1 is 1.07 bits per heavy atom. The van der Waals surface area contributed by atoms with Gasteiger partial charge in [-0.25, -0.2) is 17.2 Å². The molecule has 0 unspecified atom stereocenters. The van der Waals surface area contributed by atoms with E-state index in [-0.39, 0.29) is 49.5 Å². The molecule has 1 fully saturated rings. The molecular formula is C29H39F2N3O5S. The van der Waals surface area contributed by atoms with Gasteiger partial charge in [-0.1, -0.05) is 38.3 Å². The third-order valence-electron chi connectivity index (χ3n) is 7.17. The molecule has 1 N–H and O–H groups in total. The quantitative estimate of drug-likeness (QED) is 0.369. The van der Waals surface area contributed by atoms with E-state index in [1.807, 2.05) is 19.1 Å². The van der Waals surface area contributed by atoms with Gasteiger partial charge >= 0.3 is 0 Å². The van der Waals surface area contributed by atoms with Crippen LogP contribution in [0.25, 0.3) is 0 Å². The second kappa shape index (κ2) is 14.4. The fraction of sp³-hybridized carbons (Fsp3) is 0.517. The number of anilines is 1. The van der Waals surface area contributed by atoms with Crippen LogP contribution in [-0.2, 0) is 26.2 Å². The number of methoxy groups -OCH3 is 1. The minimum Gasteiger partial charge on any atom is -0.497 e. The molecule has 0 spiro atoms. The number of hydrogen-bond acceptors (Lipinski definition) is 5. The van der Waals surface area contributed by atoms with E-state index in [2.05, 4.69) is 5.32 Å². The third kappa shape index (κ3) is 8.64. The van der Waals surface area contributed by atoms with E-state index < -0.39 is 27.7 Å². The van der Waals surface area contributed by atoms with E-state index in [1.54, 1.807) is 19.2 Å². The van der Waals surface area contributed by atoms with Crippen LogP contribution in [0.1, 0.15) is 63.9 Å². The number of carbonyl (C=O) groups excluding carboxylic acids is 2. The standard InChI is InChI=1S/C29H39F2N3O5S/c1-4-27(29(36)32-22-11-6-5-7-12-22)33(20-21-10-8-13-24(18-21)39-2)28(35)14-9-17-34(40(3,37)38)23-15-16-25(30)26(31)19-23/h8,10,13,15-16,18-19,22,27H,4-7,9,11-12,14,17,20H2,1-3H3,(H,32,36)/t27-/m0/s1. The Hall–Kier alpha value is -3.21. The number of sulfonamides is 1. The molecule has 1 saturated carbocycles. The van der Waals surface area contributed by atoms with Crippen molar-refractivity contribution in [1.82, 2.24) is 10.2 Å². The van der Waals surface area contributed by atoms with Crippen molar-refractivity contribution in [3.63, 3.8) is 0 Å². The molecule has 2 aromatic carbocycles. The summed E-state index contributed by atoms with van der Waals surface area (Å²) in [7, 11) is -2.28. The van der Waals surface area contributed by atoms with Crippen LogP contribution in [-0.4, -0.2) is 57.1 Å². The molecule has 3 rings (SSSR count). The highest BCUT2D eigenvalue weighted by Gasteiger charge is 2.30. The maximum absolute atomic E-state index is 13.8. The summed E-state index contributed by atoms with van der Waals surface area (Å²) in [6, 6.07) is 9.49. The van der Waals surface area contributed by atoms with E-state index in [0.717, 1.165) is 60.4 Å². The molecule has 1 aliphatic rings. The average Bonchev–Trinajstić information content (AvgIpc) is 2.92. The lowest BCUT2D eigenvalue weighted by atomic mass is 9.95. The van der Waals surface area contributed by atoms with E-state index in [9.17, 15) is 26.8 Å². The fourth-order valence-corrected chi connectivity index (χ4v) is 6.03. The monoisotopic (exact) mass is 579 g/mol. The van der Waals surface area contributed by atoms with Crippen LogP contribution in [0, 0.1) is 11.6 Å². The topological polar surface area (TPSA) is 96.0 Å². The molecule has 1 aliphatic carbocycles. The molecular weight excluding hydrogens is 540 g/mol. The first-order valence-corrected chi connectivity index (χ1v) is 15.5. The summed E-state index contributed by atoms with van der Waals surface area (Å²) < 4.78 is 58.3. The SMILES string of the molecule is CC[C@@H](C(=O)NC1CCCCC1)N(Cc1cccc(OC)c1)C(=O)CCCN(c1ccc(F)c(F)c1)S(C)(=O)=O. The van der Waals surface area contributed by atoms with Crippen molar-refractivity contribution in [3.05, 3.63) is 59.7 Å². The van der Waals surface area contributed by atoms with Crippen LogP contribution in [0.4, 0.5) is 14.5 Å². The third-order valence-corrected chi connectivity index (χ3v) is 8.36. The van der Waals surface area contributed by atoms with Crippen LogP contribution in [0.3, 0.4) is 0 Å². The number of amides is 2. The Labute approximate surface area is 235 Å². The number of nitrogens with one attached hydrogen (secondary N) is 1. The van der Waals surface area contributed by atoms with Crippen LogP contribution < -0.4 is 14.4 Å². The molecule has 0 radical (unpaired) electrons. The molecule has 11 heteroatoms. The van der Waals surface area contributed by atoms with Gasteiger partial charge in [-0.05, 0) is 55.5 Å². The van der Waals surface area contributed by atoms with Crippen molar-refractivity contribution in [3.8, 4) is 5.75 Å². The van der Waals surface area contributed by atoms with Gasteiger partial charge in [0, 0.05) is 31.6 Å². The highest BCUT2D eigenvalue weighted by Crippen LogP contribution is 2.23. The minimum atomic E-state index is -3.83. The van der Waals surface area contributed by atoms with Crippen molar-refractivity contribution in [1.29, 1.82) is 0 Å². The van der Waals surface area contributed by atoms with Gasteiger partial charge in [0.1, 0.15) is 11.8 Å². The highest BCUT2D eigenvalue weighted by molar-refractivity contribution is 7.92. The van der Waals surface area contributed by atoms with Crippen molar-refractivity contribution in [2.24, 2.45) is 0 Å². The number of carbonyl (C=O) groups is 2. The summed E-state index contributed by atoms with van der Waals surface area (Å²) in [5, 5.41) is 3.13. The van der Waals surface area contributed by atoms with E-state index in [1.165, 1.54) is 11.0 Å². The lowest BCUT2D eigenvalue weighted by molar-refractivity contribution is -0.141. The average molecular weight is 580 g/mol. The molecule has 2 amide bonds. The second-order valence-electron chi connectivity index (χ2n) is 10.2. The zero-order valence-electron chi connectivity index (χ0n) is 23.4. The lowest BCUT2D eigenvalue weighted by Crippen LogP contribution is -2.51. The molecule has 8 nitrogen and oxygen atoms in total. The molecule has 0 heterocycles. The number of rotatable bonds is 13. The highest BCUT2D eigenvalue weighted by atomic mass is 32.2. The second-order valence-corrected chi connectivity index (χ2v) is 12.1. The molecule has 2 aromatic rings. The zero-order valence-corrected chi connectivity index (χ0v) is 24.2. The summed E-state index contributed by atoms with van der Waals surface area (Å²) in [5.74, 6) is -2.14. The first-order chi connectivity index (χ1) is 19.0. The zero-order chi connectivity index (χ0) is 29.3. The number of nitrogens with zero attached hydrogens (tertiary/aromatic N) is 2. The molecule has 0 saturated heterocycles. The Balaban J connectivity index is 1.78. The number of ether oxygens (including phenoxy) is 1. The van der Waals surface area contributed by atoms with Crippen molar-refractivity contribution in [2.45, 2.75) is 76.9 Å². The van der Waals surface area contributed by atoms with Crippen molar-refractivity contribution >= 4 is 27.5 Å². The van der Waals surface area contributed by atoms with Gasteiger partial charge in [-0.3, -0.25) is 13.9 Å². The summed E-state index contributed by atoms with van der Waals surface area (Å²) in [6.45, 7) is 1.91. The first kappa shape index (κ1) is 31.3. The van der Waals surface area contributed by atoms with Crippen molar-refractivity contribution < 1.29 is 31.5 Å². The van der Waals surface area contributed by atoms with E-state index >= 15 is 0 Å². The maximum atomic E-state index is 13.8. The van der Waals surface area contributed by atoms with Crippen molar-refractivity contribution in [2.75, 3.05) is 24.2 Å². The van der Waals surface area contributed by atoms with Gasteiger partial charge < -0.3 is 15.0 Å². The van der Waals surface area contributed by atoms with Gasteiger partial charge in [-0.15, -0.1) is 0 Å². The molecule has 0 aromatic heterocycles. The van der Waals surface area contributed by atoms with E-state index in [0.29, 0.717) is 12.2 Å². The minimum absolute atomic E-state index is 0.0274. The van der Waals surface area contributed by atoms with Gasteiger partial charge in [0.05, 0.1) is 19.1 Å². The van der Waals surface area contributed by atoms with Gasteiger partial charge in [-0.2, -0.15) is 0 Å². The molecule has 0 aliphatic heterocycles. The summed E-state index contributed by atoms with van der Waals surface area (Å²) in [4.78, 5) is 28.5. The fourth-order valence-electron chi connectivity index (χ4n) is 5.08. The molecule has 0 bridgehead atoms. The molecule has 220 valence electrons. The Morgan fingerprint density at radius 3 is 2.42 bits per heavy atom. The Bertz CT molecular complexity index is 1270. The summed E-state index contributed by atoms with van der Waals surface area (Å²) >= 11 is 0. The van der Waals surface area contributed by atoms with Gasteiger partial charge in [0.15, 0.2) is 11.6 Å². The maximum Gasteiger partial charge on any atom is 0.243 e. The Morgan fingerprint density at radius 2 is 1.80 bits per heavy atom. The lowest BCUT2D eigenvalue weighted by Gasteiger charge is -2.33. The number of hydrogen-bond donors (Lipinski definition) is 1. The molecule has 1 atom stereocenters. The van der Waals surface area contributed by atoms with Crippen LogP contribution >= 0.6 is 0 Å². The largest absolute Gasteiger partial charge is 0.497 e. The first-order valence-electron chi connectivity index (χ1n) is 13.7. The van der Waals surface area contributed by atoms with Crippen LogP contribution in [0.2, 0.25) is 0 Å². The van der Waals surface area contributed by atoms with E-state index in [4.69, 9.17) is 4.74 Å². The summed E-state index contributed by atoms with van der Waals surface area (Å²) in [5.41, 5.74) is 0.761. The van der Waals surface area contributed by atoms with Gasteiger partial charge in [0.25, 0.3) is 0 Å².